The first-order chi connectivity index (χ1) is 8.58. The van der Waals surface area contributed by atoms with Crippen LogP contribution in [0.1, 0.15) is 39.0 Å². The standard InChI is InChI=1S/C12H16N2O4/c1-2-18-12(17)11(14-13)10(16)6-4-8-3-5-9(15)7-8/h8H,2-7H2,1H3. The van der Waals surface area contributed by atoms with Gasteiger partial charge in [0.15, 0.2) is 0 Å². The predicted octanol–water partition coefficient (Wildman–Crippen LogP) is 0.939. The fourth-order valence-electron chi connectivity index (χ4n) is 2.00. The molecule has 0 N–H and O–H groups in total. The second kappa shape index (κ2) is 6.81. The maximum absolute atomic E-state index is 11.7. The topological polar surface area (TPSA) is 96.8 Å². The normalized spacial score (nSPS) is 18.3. The highest BCUT2D eigenvalue weighted by Gasteiger charge is 2.32. The largest absolute Gasteiger partial charge is 0.457 e. The van der Waals surface area contributed by atoms with Crippen LogP contribution in [0, 0.1) is 5.92 Å². The third-order valence-corrected chi connectivity index (χ3v) is 2.96. The third kappa shape index (κ3) is 3.89. The lowest BCUT2D eigenvalue weighted by atomic mass is 9.99. The predicted molar refractivity (Wildman–Crippen MR) is 61.8 cm³/mol. The highest BCUT2D eigenvalue weighted by molar-refractivity contribution is 6.62. The van der Waals surface area contributed by atoms with E-state index in [1.807, 2.05) is 0 Å². The van der Waals surface area contributed by atoms with Gasteiger partial charge >= 0.3 is 11.7 Å². The Hall–Kier alpha value is -1.81. The lowest BCUT2D eigenvalue weighted by Gasteiger charge is -2.04. The van der Waals surface area contributed by atoms with E-state index >= 15 is 0 Å². The molecular weight excluding hydrogens is 236 g/mol. The fourth-order valence-corrected chi connectivity index (χ4v) is 2.00. The van der Waals surface area contributed by atoms with E-state index in [9.17, 15) is 14.4 Å². The highest BCUT2D eigenvalue weighted by Crippen LogP contribution is 2.26. The van der Waals surface area contributed by atoms with Crippen molar-refractivity contribution in [3.63, 3.8) is 0 Å². The number of ether oxygens (including phenoxy) is 1. The Labute approximate surface area is 105 Å². The van der Waals surface area contributed by atoms with Crippen LogP contribution in [0.2, 0.25) is 0 Å². The van der Waals surface area contributed by atoms with Gasteiger partial charge in [-0.15, -0.1) is 0 Å². The molecular formula is C12H16N2O4. The Kier molecular flexibility index (Phi) is 5.39. The third-order valence-electron chi connectivity index (χ3n) is 2.96. The summed E-state index contributed by atoms with van der Waals surface area (Å²) in [5.74, 6) is -1.04. The minimum absolute atomic E-state index is 0.0934. The van der Waals surface area contributed by atoms with Crippen LogP contribution in [0.5, 0.6) is 0 Å². The van der Waals surface area contributed by atoms with Crippen LogP contribution in [-0.2, 0) is 19.1 Å². The van der Waals surface area contributed by atoms with E-state index in [4.69, 9.17) is 5.53 Å². The molecule has 0 saturated heterocycles. The van der Waals surface area contributed by atoms with Crippen molar-refractivity contribution in [1.29, 1.82) is 0 Å². The summed E-state index contributed by atoms with van der Waals surface area (Å²) in [7, 11) is 0. The van der Waals surface area contributed by atoms with Gasteiger partial charge in [-0.3, -0.25) is 9.59 Å². The molecule has 0 amide bonds. The van der Waals surface area contributed by atoms with Gasteiger partial charge in [0.05, 0.1) is 6.61 Å². The van der Waals surface area contributed by atoms with Crippen molar-refractivity contribution < 1.29 is 23.9 Å². The van der Waals surface area contributed by atoms with Crippen LogP contribution >= 0.6 is 0 Å². The molecule has 0 aromatic carbocycles. The van der Waals surface area contributed by atoms with Crippen molar-refractivity contribution in [2.75, 3.05) is 6.61 Å². The fraction of sp³-hybridized carbons (Fsp3) is 0.667. The van der Waals surface area contributed by atoms with E-state index < -0.39 is 17.5 Å². The van der Waals surface area contributed by atoms with Gasteiger partial charge in [-0.1, -0.05) is 0 Å². The van der Waals surface area contributed by atoms with Crippen LogP contribution in [0.3, 0.4) is 0 Å². The van der Waals surface area contributed by atoms with Gasteiger partial charge in [-0.2, -0.15) is 4.79 Å². The molecule has 1 aliphatic rings. The van der Waals surface area contributed by atoms with Gasteiger partial charge in [0, 0.05) is 19.3 Å². The van der Waals surface area contributed by atoms with Gasteiger partial charge in [-0.05, 0) is 25.7 Å². The van der Waals surface area contributed by atoms with Crippen molar-refractivity contribution in [3.05, 3.63) is 5.53 Å². The summed E-state index contributed by atoms with van der Waals surface area (Å²) in [5.41, 5.74) is 8.07. The summed E-state index contributed by atoms with van der Waals surface area (Å²) in [6.07, 6.45) is 2.48. The molecule has 6 heteroatoms. The number of Topliss-reactive ketones (excluding diaryl/α,β-unsaturated/α-hetero) is 2. The molecule has 1 atom stereocenters. The van der Waals surface area contributed by atoms with Crippen LogP contribution in [0.15, 0.2) is 0 Å². The number of ketones is 2. The molecule has 0 aromatic rings. The Morgan fingerprint density at radius 3 is 2.72 bits per heavy atom. The summed E-state index contributed by atoms with van der Waals surface area (Å²) in [4.78, 5) is 36.7. The second-order valence-electron chi connectivity index (χ2n) is 4.28. The summed E-state index contributed by atoms with van der Waals surface area (Å²) < 4.78 is 4.60. The molecule has 0 heterocycles. The summed E-state index contributed by atoms with van der Waals surface area (Å²) >= 11 is 0. The SMILES string of the molecule is CCOC(=O)C(=[N+]=[N-])C(=O)CCC1CCC(=O)C1. The van der Waals surface area contributed by atoms with Gasteiger partial charge in [0.2, 0.25) is 0 Å². The molecule has 98 valence electrons. The quantitative estimate of drug-likeness (QED) is 0.231. The van der Waals surface area contributed by atoms with Crippen LogP contribution in [-0.4, -0.2) is 34.6 Å². The summed E-state index contributed by atoms with van der Waals surface area (Å²) in [6, 6.07) is 0. The Bertz CT molecular complexity index is 410. The van der Waals surface area contributed by atoms with Gasteiger partial charge < -0.3 is 10.3 Å². The van der Waals surface area contributed by atoms with Gasteiger partial charge in [-0.25, -0.2) is 4.79 Å². The van der Waals surface area contributed by atoms with Crippen LogP contribution < -0.4 is 0 Å². The minimum atomic E-state index is -0.910. The number of rotatable bonds is 6. The molecule has 1 unspecified atom stereocenters. The van der Waals surface area contributed by atoms with E-state index in [1.54, 1.807) is 6.92 Å². The Morgan fingerprint density at radius 1 is 1.50 bits per heavy atom. The zero-order chi connectivity index (χ0) is 13.5. The Balaban J connectivity index is 2.46. The zero-order valence-electron chi connectivity index (χ0n) is 10.3. The lowest BCUT2D eigenvalue weighted by molar-refractivity contribution is -0.141. The molecule has 0 bridgehead atoms. The first kappa shape index (κ1) is 14.3. The van der Waals surface area contributed by atoms with Gasteiger partial charge in [0.1, 0.15) is 5.78 Å². The van der Waals surface area contributed by atoms with E-state index in [0.29, 0.717) is 19.3 Å². The molecule has 6 nitrogen and oxygen atoms in total. The van der Waals surface area contributed by atoms with E-state index in [0.717, 1.165) is 6.42 Å². The number of hydrogen-bond acceptors (Lipinski definition) is 4. The smallest absolute Gasteiger partial charge is 0.441 e. The van der Waals surface area contributed by atoms with E-state index in [2.05, 4.69) is 9.53 Å². The van der Waals surface area contributed by atoms with Crippen LogP contribution in [0.25, 0.3) is 5.53 Å². The number of nitrogens with zero attached hydrogens (tertiary/aromatic N) is 2. The van der Waals surface area contributed by atoms with Crippen LogP contribution in [0.4, 0.5) is 0 Å². The molecule has 1 fully saturated rings. The van der Waals surface area contributed by atoms with Crippen molar-refractivity contribution in [2.45, 2.75) is 39.0 Å². The molecule has 0 aromatic heterocycles. The average molecular weight is 252 g/mol. The van der Waals surface area contributed by atoms with Crippen molar-refractivity contribution >= 4 is 23.2 Å². The number of carbonyl (C=O) groups is 3. The number of esters is 1. The maximum Gasteiger partial charge on any atom is 0.441 e. The maximum atomic E-state index is 11.7. The molecule has 0 aliphatic heterocycles. The van der Waals surface area contributed by atoms with E-state index in [1.165, 1.54) is 0 Å². The number of hydrogen-bond donors (Lipinski definition) is 0. The van der Waals surface area contributed by atoms with Crippen molar-refractivity contribution in [1.82, 2.24) is 0 Å². The molecule has 0 spiro atoms. The minimum Gasteiger partial charge on any atom is -0.457 e. The molecule has 18 heavy (non-hydrogen) atoms. The monoisotopic (exact) mass is 252 g/mol. The zero-order valence-corrected chi connectivity index (χ0v) is 10.3. The first-order valence-electron chi connectivity index (χ1n) is 6.02. The molecule has 1 saturated carbocycles. The summed E-state index contributed by atoms with van der Waals surface area (Å²) in [5, 5.41) is 0. The number of carbonyl (C=O) groups excluding carboxylic acids is 3. The molecule has 1 aliphatic carbocycles. The van der Waals surface area contributed by atoms with Crippen molar-refractivity contribution in [2.24, 2.45) is 5.92 Å². The Morgan fingerprint density at radius 2 is 2.22 bits per heavy atom. The van der Waals surface area contributed by atoms with Gasteiger partial charge in [0.25, 0.3) is 5.78 Å². The first-order valence-corrected chi connectivity index (χ1v) is 6.02. The average Bonchev–Trinajstić information content (AvgIpc) is 2.74. The lowest BCUT2D eigenvalue weighted by Crippen LogP contribution is -2.27. The molecule has 1 rings (SSSR count). The van der Waals surface area contributed by atoms with E-state index in [-0.39, 0.29) is 24.7 Å². The second-order valence-corrected chi connectivity index (χ2v) is 4.28. The van der Waals surface area contributed by atoms with Crippen molar-refractivity contribution in [3.8, 4) is 0 Å². The highest BCUT2D eigenvalue weighted by atomic mass is 16.5. The summed E-state index contributed by atoms with van der Waals surface area (Å²) in [6.45, 7) is 1.71. The molecule has 0 radical (unpaired) electrons.